The van der Waals surface area contributed by atoms with Gasteiger partial charge in [0.1, 0.15) is 0 Å². The van der Waals surface area contributed by atoms with Crippen molar-refractivity contribution >= 4 is 32.4 Å². The van der Waals surface area contributed by atoms with Gasteiger partial charge in [-0.25, -0.2) is 54.8 Å². The zero-order valence-corrected chi connectivity index (χ0v) is 77.3. The highest BCUT2D eigenvalue weighted by Gasteiger charge is 2.36. The molecule has 11 heteroatoms. The Kier molecular flexibility index (Phi) is 23.6. The minimum atomic E-state index is -0.0900. The normalized spacial score (nSPS) is 11.7. The number of aromatic nitrogens is 11. The topological polar surface area (TPSA) is 142 Å². The number of nitrogens with zero attached hydrogens (tertiary/aromatic N) is 11. The van der Waals surface area contributed by atoms with E-state index in [4.69, 9.17) is 54.8 Å². The maximum absolute atomic E-state index is 5.11. The number of para-hydroxylation sites is 1. The van der Waals surface area contributed by atoms with E-state index in [-0.39, 0.29) is 5.41 Å². The van der Waals surface area contributed by atoms with Crippen LogP contribution in [0.4, 0.5) is 0 Å². The molecular formula is C130H89N11. The summed E-state index contributed by atoms with van der Waals surface area (Å²) in [5.74, 6) is 6.43. The van der Waals surface area contributed by atoms with Gasteiger partial charge in [-0.05, 0) is 141 Å². The summed E-state index contributed by atoms with van der Waals surface area (Å²) in [6.07, 6.45) is 0. The van der Waals surface area contributed by atoms with Crippen LogP contribution in [0.2, 0.25) is 0 Å². The van der Waals surface area contributed by atoms with E-state index in [2.05, 4.69) is 396 Å². The van der Waals surface area contributed by atoms with Crippen LogP contribution in [-0.2, 0) is 5.41 Å². The minimum Gasteiger partial charge on any atom is -0.228 e. The number of fused-ring (bicyclic) bond motifs is 7. The maximum atomic E-state index is 5.11. The second-order valence-corrected chi connectivity index (χ2v) is 35.6. The second-order valence-electron chi connectivity index (χ2n) is 35.6. The van der Waals surface area contributed by atoms with Crippen LogP contribution in [0.3, 0.4) is 0 Å². The van der Waals surface area contributed by atoms with E-state index in [1.54, 1.807) is 0 Å². The van der Waals surface area contributed by atoms with Gasteiger partial charge in [-0.1, -0.05) is 487 Å². The first-order valence-corrected chi connectivity index (χ1v) is 47.4. The van der Waals surface area contributed by atoms with E-state index < -0.39 is 0 Å². The first-order chi connectivity index (χ1) is 69.6. The average molecular weight is 1810 g/mol. The van der Waals surface area contributed by atoms with Crippen molar-refractivity contribution in [3.63, 3.8) is 0 Å². The molecule has 1 aliphatic rings. The van der Waals surface area contributed by atoms with Gasteiger partial charge in [-0.3, -0.25) is 0 Å². The first-order valence-electron chi connectivity index (χ1n) is 47.4. The molecule has 20 aromatic carbocycles. The van der Waals surface area contributed by atoms with Crippen LogP contribution < -0.4 is 0 Å². The van der Waals surface area contributed by atoms with Gasteiger partial charge in [0.25, 0.3) is 0 Å². The van der Waals surface area contributed by atoms with E-state index in [1.165, 1.54) is 60.5 Å². The molecule has 1 aliphatic carbocycles. The molecule has 25 rings (SSSR count). The van der Waals surface area contributed by atoms with Crippen LogP contribution in [0.1, 0.15) is 25.0 Å². The highest BCUT2D eigenvalue weighted by molar-refractivity contribution is 6.09. The van der Waals surface area contributed by atoms with E-state index in [0.29, 0.717) is 58.2 Å². The van der Waals surface area contributed by atoms with Gasteiger partial charge in [-0.15, -0.1) is 0 Å². The molecule has 24 aromatic rings. The van der Waals surface area contributed by atoms with E-state index in [9.17, 15) is 0 Å². The summed E-state index contributed by atoms with van der Waals surface area (Å²) in [6.45, 7) is 4.59. The standard InChI is InChI=1S/C47H31N5.C47H31N3.C36H27N3/c1-4-13-32(14-5-1)34-23-27-37(28-24-34)45-50-46(38-29-25-35(26-30-38)33-15-6-2-7-16-33)52-47(51-45)40-20-12-19-39(31-40)43-41-21-10-11-22-42(41)48-44(49-43)36-17-8-3-9-18-36;1-3-10-32(11-4-1)34-18-20-35(21-19-34)36-22-27-39(28-23-36)45-48-46(41-16-9-15-40(30-41)33-12-5-2-6-13-33)50-47(49-45)42-29-26-38-25-24-37-14-7-8-17-43(37)44(38)31-42;1-36(2)31-16-10-9-15-29(31)30-22-21-28(23-32(30)36)35-38-33(26-13-7-4-8-14-26)37-34(39-35)27-19-17-25(18-20-27)24-11-5-3-6-12-24/h1-31H;1-31H;3-23H,1-2H3. The van der Waals surface area contributed by atoms with Crippen molar-refractivity contribution in [3.8, 4) is 203 Å². The van der Waals surface area contributed by atoms with Crippen molar-refractivity contribution in [1.29, 1.82) is 0 Å². The van der Waals surface area contributed by atoms with Gasteiger partial charge in [0.2, 0.25) is 0 Å². The Balaban J connectivity index is 0.000000119. The largest absolute Gasteiger partial charge is 0.228 e. The molecule has 0 spiro atoms. The van der Waals surface area contributed by atoms with Gasteiger partial charge in [-0.2, -0.15) is 0 Å². The third-order valence-corrected chi connectivity index (χ3v) is 26.3. The Morgan fingerprint density at radius 2 is 0.376 bits per heavy atom. The van der Waals surface area contributed by atoms with Crippen LogP contribution in [-0.4, -0.2) is 54.8 Å². The summed E-state index contributed by atoms with van der Waals surface area (Å²) in [4.78, 5) is 55.3. The minimum absolute atomic E-state index is 0.0900. The van der Waals surface area contributed by atoms with Crippen molar-refractivity contribution in [2.75, 3.05) is 0 Å². The van der Waals surface area contributed by atoms with Crippen molar-refractivity contribution < 1.29 is 0 Å². The molecule has 0 N–H and O–H groups in total. The fourth-order valence-electron chi connectivity index (χ4n) is 18.8. The average Bonchev–Trinajstić information content (AvgIpc) is 1.56. The molecule has 0 saturated heterocycles. The fraction of sp³-hybridized carbons (Fsp3) is 0.0231. The van der Waals surface area contributed by atoms with Crippen molar-refractivity contribution in [3.05, 3.63) is 515 Å². The van der Waals surface area contributed by atoms with E-state index >= 15 is 0 Å². The Morgan fingerprint density at radius 1 is 0.135 bits per heavy atom. The first kappa shape index (κ1) is 86.4. The smallest absolute Gasteiger partial charge is 0.164 e. The summed E-state index contributed by atoms with van der Waals surface area (Å²) < 4.78 is 0. The van der Waals surface area contributed by atoms with Crippen molar-refractivity contribution in [1.82, 2.24) is 54.8 Å². The van der Waals surface area contributed by atoms with Crippen LogP contribution in [0.15, 0.2) is 504 Å². The van der Waals surface area contributed by atoms with Crippen LogP contribution >= 0.6 is 0 Å². The summed E-state index contributed by atoms with van der Waals surface area (Å²) in [5.41, 5.74) is 31.2. The molecule has 0 fully saturated rings. The Labute approximate surface area is 818 Å². The van der Waals surface area contributed by atoms with E-state index in [1.807, 2.05) is 121 Å². The summed E-state index contributed by atoms with van der Waals surface area (Å²) in [7, 11) is 0. The second kappa shape index (κ2) is 38.6. The molecule has 0 unspecified atom stereocenters. The monoisotopic (exact) mass is 1800 g/mol. The highest BCUT2D eigenvalue weighted by Crippen LogP contribution is 2.50. The third-order valence-electron chi connectivity index (χ3n) is 26.3. The number of hydrogen-bond acceptors (Lipinski definition) is 11. The van der Waals surface area contributed by atoms with E-state index in [0.717, 1.165) is 128 Å². The molecule has 11 nitrogen and oxygen atoms in total. The van der Waals surface area contributed by atoms with Gasteiger partial charge in [0.15, 0.2) is 58.2 Å². The Hall–Kier alpha value is -18.7. The van der Waals surface area contributed by atoms with Gasteiger partial charge in [0.05, 0.1) is 11.2 Å². The summed E-state index contributed by atoms with van der Waals surface area (Å²) in [5, 5.41) is 5.77. The van der Waals surface area contributed by atoms with Crippen LogP contribution in [0, 0.1) is 0 Å². The molecule has 0 saturated carbocycles. The van der Waals surface area contributed by atoms with Gasteiger partial charge >= 0.3 is 0 Å². The fourth-order valence-corrected chi connectivity index (χ4v) is 18.8. The Morgan fingerprint density at radius 3 is 0.787 bits per heavy atom. The van der Waals surface area contributed by atoms with Gasteiger partial charge in [0, 0.05) is 72.0 Å². The third kappa shape index (κ3) is 18.3. The lowest BCUT2D eigenvalue weighted by atomic mass is 9.82. The molecule has 664 valence electrons. The molecular weight excluding hydrogens is 1720 g/mol. The molecule has 0 radical (unpaired) electrons. The zero-order chi connectivity index (χ0) is 94.4. The number of rotatable bonds is 17. The zero-order valence-electron chi connectivity index (χ0n) is 77.3. The summed E-state index contributed by atoms with van der Waals surface area (Å²) in [6, 6.07) is 174. The molecule has 0 bridgehead atoms. The molecule has 0 atom stereocenters. The predicted octanol–water partition coefficient (Wildman–Crippen LogP) is 32.5. The SMILES string of the molecule is CC1(C)c2ccccc2-c2ccc(-c3nc(-c4ccccc4)nc(-c4ccc(-c5ccccc5)cc4)n3)cc21.c1ccc(-c2ccc(-c3ccc(-c4nc(-c5cccc(-c6ccccc6)c5)nc(-c5ccc6ccc7ccccc7c6c5)n4)cc3)cc2)cc1.c1ccc(-c2ccc(-c3nc(-c4ccc(-c5ccccc5)cc4)nc(-c4cccc(-c5nc(-c6ccccc6)nc6ccccc56)c4)n3)cc2)cc1. The number of benzene rings is 20. The van der Waals surface area contributed by atoms with Crippen molar-refractivity contribution in [2.45, 2.75) is 19.3 Å². The lowest BCUT2D eigenvalue weighted by molar-refractivity contribution is 0.660. The lowest BCUT2D eigenvalue weighted by Crippen LogP contribution is -2.15. The highest BCUT2D eigenvalue weighted by atomic mass is 15.1. The molecule has 4 heterocycles. The lowest BCUT2D eigenvalue weighted by Gasteiger charge is -2.21. The number of hydrogen-bond donors (Lipinski definition) is 0. The quantitative estimate of drug-likeness (QED) is 0.0804. The predicted molar refractivity (Wildman–Crippen MR) is 578 cm³/mol. The van der Waals surface area contributed by atoms with Gasteiger partial charge < -0.3 is 0 Å². The molecule has 141 heavy (non-hydrogen) atoms. The summed E-state index contributed by atoms with van der Waals surface area (Å²) >= 11 is 0. The maximum Gasteiger partial charge on any atom is 0.164 e. The van der Waals surface area contributed by atoms with Crippen LogP contribution in [0.25, 0.3) is 235 Å². The van der Waals surface area contributed by atoms with Crippen molar-refractivity contribution in [2.24, 2.45) is 0 Å². The molecule has 0 aliphatic heterocycles. The molecule has 4 aromatic heterocycles. The Bertz CT molecular complexity index is 8560. The van der Waals surface area contributed by atoms with Crippen LogP contribution in [0.5, 0.6) is 0 Å². The molecule has 0 amide bonds.